The van der Waals surface area contributed by atoms with Gasteiger partial charge in [0.15, 0.2) is 0 Å². The Morgan fingerprint density at radius 1 is 0.783 bits per heavy atom. The second-order valence-corrected chi connectivity index (χ2v) is 8.58. The molecule has 1 N–H and O–H groups in total. The van der Waals surface area contributed by atoms with Gasteiger partial charge in [-0.2, -0.15) is 0 Å². The number of phenolic OH excluding ortho intramolecular Hbond substituents is 1. The van der Waals surface area contributed by atoms with E-state index in [-0.39, 0.29) is 37.0 Å². The van der Waals surface area contributed by atoms with Gasteiger partial charge in [0.25, 0.3) is 0 Å². The van der Waals surface area contributed by atoms with Crippen molar-refractivity contribution in [3.8, 4) is 16.9 Å². The Morgan fingerprint density at radius 2 is 1.39 bits per heavy atom. The number of rotatable bonds is 0. The minimum Gasteiger partial charge on any atom is -0.508 e. The van der Waals surface area contributed by atoms with Gasteiger partial charge in [-0.15, -0.1) is 0 Å². The van der Waals surface area contributed by atoms with Crippen LogP contribution >= 0.6 is 0 Å². The number of phenols is 1. The van der Waals surface area contributed by atoms with Crippen molar-refractivity contribution in [2.45, 2.75) is 58.8 Å². The molecule has 0 heterocycles. The summed E-state index contributed by atoms with van der Waals surface area (Å²) < 4.78 is 0. The van der Waals surface area contributed by atoms with Crippen LogP contribution in [0, 0.1) is 0 Å². The summed E-state index contributed by atoms with van der Waals surface area (Å²) in [5, 5.41) is 10.4. The maximum absolute atomic E-state index is 10.4. The van der Waals surface area contributed by atoms with Gasteiger partial charge in [-0.25, -0.2) is 0 Å². The van der Waals surface area contributed by atoms with E-state index < -0.39 is 0 Å². The Balaban J connectivity index is 0.00000192. The van der Waals surface area contributed by atoms with Gasteiger partial charge in [-0.05, 0) is 62.8 Å². The maximum Gasteiger partial charge on any atom is 0.119 e. The van der Waals surface area contributed by atoms with Crippen molar-refractivity contribution in [2.75, 3.05) is 0 Å². The van der Waals surface area contributed by atoms with Gasteiger partial charge in [0.1, 0.15) is 5.75 Å². The van der Waals surface area contributed by atoms with Crippen LogP contribution in [0.3, 0.4) is 0 Å². The van der Waals surface area contributed by atoms with Crippen LogP contribution in [0.4, 0.5) is 0 Å². The van der Waals surface area contributed by atoms with Crippen LogP contribution in [0.15, 0.2) is 30.3 Å². The molecule has 0 spiro atoms. The van der Waals surface area contributed by atoms with Gasteiger partial charge in [-0.1, -0.05) is 59.7 Å². The normalized spacial score (nSPS) is 13.3. The summed E-state index contributed by atoms with van der Waals surface area (Å²) in [6.07, 6.45) is 0.924. The molecule has 23 heavy (non-hydrogen) atoms. The third-order valence-corrected chi connectivity index (χ3v) is 4.68. The molecule has 120 valence electrons. The number of benzene rings is 2. The fourth-order valence-electron chi connectivity index (χ4n) is 3.28. The second kappa shape index (κ2) is 5.89. The number of hydrogen-bond acceptors (Lipinski definition) is 1. The van der Waals surface area contributed by atoms with Gasteiger partial charge < -0.3 is 5.11 Å². The van der Waals surface area contributed by atoms with Gasteiger partial charge in [0.2, 0.25) is 0 Å². The Morgan fingerprint density at radius 3 is 1.96 bits per heavy atom. The molecule has 1 aliphatic rings. The maximum atomic E-state index is 10.4. The standard InChI is InChI=1S/C21H26O.Zr/c1-20(2,3)15-8-7-13-9-14-10-19(22)18(21(4,5)6)12-17(14)16(13)11-15;/h7-8,10-12,22H,9H2,1-6H3;. The van der Waals surface area contributed by atoms with Crippen molar-refractivity contribution < 1.29 is 31.3 Å². The van der Waals surface area contributed by atoms with E-state index in [9.17, 15) is 5.11 Å². The van der Waals surface area contributed by atoms with Gasteiger partial charge >= 0.3 is 0 Å². The summed E-state index contributed by atoms with van der Waals surface area (Å²) in [6.45, 7) is 13.2. The molecular formula is C21H26OZr. The summed E-state index contributed by atoms with van der Waals surface area (Å²) in [5.74, 6) is 0.426. The van der Waals surface area contributed by atoms with Crippen molar-refractivity contribution in [2.24, 2.45) is 0 Å². The predicted octanol–water partition coefficient (Wildman–Crippen LogP) is 5.56. The van der Waals surface area contributed by atoms with E-state index in [0.717, 1.165) is 12.0 Å². The third kappa shape index (κ3) is 3.34. The second-order valence-electron chi connectivity index (χ2n) is 8.58. The van der Waals surface area contributed by atoms with E-state index in [0.29, 0.717) is 5.75 Å². The average Bonchev–Trinajstić information content (AvgIpc) is 2.71. The summed E-state index contributed by atoms with van der Waals surface area (Å²) >= 11 is 0. The van der Waals surface area contributed by atoms with Crippen molar-refractivity contribution >= 4 is 0 Å². The first-order valence-electron chi connectivity index (χ1n) is 8.07. The van der Waals surface area contributed by atoms with Crippen LogP contribution in [0.5, 0.6) is 5.75 Å². The quantitative estimate of drug-likeness (QED) is 0.537. The first-order chi connectivity index (χ1) is 10.1. The molecule has 1 nitrogen and oxygen atoms in total. The first kappa shape index (κ1) is 18.5. The van der Waals surface area contributed by atoms with Gasteiger partial charge in [0.05, 0.1) is 0 Å². The summed E-state index contributed by atoms with van der Waals surface area (Å²) in [6, 6.07) is 11.0. The third-order valence-electron chi connectivity index (χ3n) is 4.68. The summed E-state index contributed by atoms with van der Waals surface area (Å²) in [7, 11) is 0. The molecule has 0 radical (unpaired) electrons. The van der Waals surface area contributed by atoms with E-state index in [1.54, 1.807) is 0 Å². The fourth-order valence-corrected chi connectivity index (χ4v) is 3.28. The van der Waals surface area contributed by atoms with E-state index >= 15 is 0 Å². The van der Waals surface area contributed by atoms with E-state index in [2.05, 4.69) is 65.8 Å². The Kier molecular flexibility index (Phi) is 4.72. The predicted molar refractivity (Wildman–Crippen MR) is 93.7 cm³/mol. The Bertz CT molecular complexity index is 746. The van der Waals surface area contributed by atoms with E-state index in [4.69, 9.17) is 0 Å². The van der Waals surface area contributed by atoms with Crippen LogP contribution in [0.25, 0.3) is 11.1 Å². The van der Waals surface area contributed by atoms with Gasteiger partial charge in [-0.3, -0.25) is 0 Å². The zero-order valence-electron chi connectivity index (χ0n) is 15.0. The molecule has 2 aromatic carbocycles. The minimum atomic E-state index is -0.0521. The molecular weight excluding hydrogens is 359 g/mol. The topological polar surface area (TPSA) is 20.2 Å². The molecule has 0 fully saturated rings. The van der Waals surface area contributed by atoms with Crippen LogP contribution in [-0.4, -0.2) is 5.11 Å². The summed E-state index contributed by atoms with van der Waals surface area (Å²) in [5.41, 5.74) is 7.74. The molecule has 1 aliphatic carbocycles. The molecule has 2 heteroatoms. The molecule has 0 saturated carbocycles. The molecule has 0 bridgehead atoms. The number of hydrogen-bond donors (Lipinski definition) is 1. The SMILES string of the molecule is CC(C)(C)c1ccc2c(c1)-c1cc(C(C)(C)C)c(O)cc1C2.[Zr]. The molecule has 0 atom stereocenters. The van der Waals surface area contributed by atoms with Crippen LogP contribution in [0.2, 0.25) is 0 Å². The average molecular weight is 386 g/mol. The van der Waals surface area contributed by atoms with Crippen LogP contribution in [0.1, 0.15) is 63.8 Å². The van der Waals surface area contributed by atoms with Crippen molar-refractivity contribution in [1.82, 2.24) is 0 Å². The zero-order valence-corrected chi connectivity index (χ0v) is 17.5. The van der Waals surface area contributed by atoms with E-state index in [1.165, 1.54) is 27.8 Å². The molecule has 0 unspecified atom stereocenters. The number of fused-ring (bicyclic) bond motifs is 3. The largest absolute Gasteiger partial charge is 0.508 e. The van der Waals surface area contributed by atoms with E-state index in [1.807, 2.05) is 6.07 Å². The first-order valence-corrected chi connectivity index (χ1v) is 8.07. The summed E-state index contributed by atoms with van der Waals surface area (Å²) in [4.78, 5) is 0. The number of aromatic hydroxyl groups is 1. The fraction of sp³-hybridized carbons (Fsp3) is 0.429. The smallest absolute Gasteiger partial charge is 0.119 e. The van der Waals surface area contributed by atoms with Crippen LogP contribution < -0.4 is 0 Å². The van der Waals surface area contributed by atoms with Crippen molar-refractivity contribution in [3.63, 3.8) is 0 Å². The molecule has 3 rings (SSSR count). The zero-order chi connectivity index (χ0) is 16.3. The molecule has 0 aromatic heterocycles. The Labute approximate surface area is 159 Å². The molecule has 0 aliphatic heterocycles. The van der Waals surface area contributed by atoms with Crippen molar-refractivity contribution in [1.29, 1.82) is 0 Å². The van der Waals surface area contributed by atoms with Gasteiger partial charge in [0, 0.05) is 26.2 Å². The monoisotopic (exact) mass is 384 g/mol. The minimum absolute atomic E-state index is 0. The van der Waals surface area contributed by atoms with Crippen LogP contribution in [-0.2, 0) is 43.5 Å². The molecule has 0 amide bonds. The molecule has 2 aromatic rings. The van der Waals surface area contributed by atoms with Crippen molar-refractivity contribution in [3.05, 3.63) is 52.6 Å². The molecule has 0 saturated heterocycles. The Hall–Kier alpha value is -0.877.